The number of hydrogen-bond acceptors (Lipinski definition) is 3. The van der Waals surface area contributed by atoms with Crippen LogP contribution in [0.4, 0.5) is 0 Å². The van der Waals surface area contributed by atoms with Crippen LogP contribution in [0.3, 0.4) is 0 Å². The second-order valence-corrected chi connectivity index (χ2v) is 10.7. The van der Waals surface area contributed by atoms with Crippen LogP contribution < -0.4 is 4.74 Å². The average Bonchev–Trinajstić information content (AvgIpc) is 2.87. The number of benzene rings is 2. The van der Waals surface area contributed by atoms with Gasteiger partial charge in [-0.3, -0.25) is 4.79 Å². The van der Waals surface area contributed by atoms with Crippen LogP contribution in [0.1, 0.15) is 88.7 Å². The quantitative estimate of drug-likeness (QED) is 0.107. The van der Waals surface area contributed by atoms with E-state index in [0.29, 0.717) is 19.6 Å². The third-order valence-corrected chi connectivity index (χ3v) is 6.64. The maximum atomic E-state index is 12.1. The highest BCUT2D eigenvalue weighted by molar-refractivity contribution is 5.69. The number of carbonyl (C=O) groups is 1. The van der Waals surface area contributed by atoms with Crippen molar-refractivity contribution >= 4 is 5.97 Å². The van der Waals surface area contributed by atoms with Crippen molar-refractivity contribution in [2.45, 2.75) is 90.5 Å². The monoisotopic (exact) mass is 496 g/mol. The van der Waals surface area contributed by atoms with Gasteiger partial charge in [-0.25, -0.2) is 0 Å². The maximum absolute atomic E-state index is 12.1. The zero-order chi connectivity index (χ0) is 25.9. The first-order chi connectivity index (χ1) is 17.5. The maximum Gasteiger partial charge on any atom is 0.305 e. The van der Waals surface area contributed by atoms with Crippen molar-refractivity contribution in [1.29, 1.82) is 0 Å². The van der Waals surface area contributed by atoms with Gasteiger partial charge in [0.1, 0.15) is 12.3 Å². The lowest BCUT2D eigenvalue weighted by Gasteiger charge is -2.30. The van der Waals surface area contributed by atoms with E-state index in [4.69, 9.17) is 9.47 Å². The fourth-order valence-electron chi connectivity index (χ4n) is 4.52. The molecule has 4 nitrogen and oxygen atoms in total. The molecule has 0 atom stereocenters. The van der Waals surface area contributed by atoms with Crippen LogP contribution in [0.2, 0.25) is 0 Å². The number of ether oxygens (including phenoxy) is 2. The van der Waals surface area contributed by atoms with Crippen LogP contribution in [0, 0.1) is 0 Å². The molecule has 0 amide bonds. The molecule has 200 valence electrons. The predicted octanol–water partition coefficient (Wildman–Crippen LogP) is 7.74. The van der Waals surface area contributed by atoms with E-state index in [2.05, 4.69) is 69.6 Å². The Kier molecular flexibility index (Phi) is 14.9. The molecular formula is C32H50NO3+. The zero-order valence-electron chi connectivity index (χ0n) is 23.2. The number of carbonyl (C=O) groups excluding carboxylic acids is 1. The molecule has 0 unspecified atom stereocenters. The van der Waals surface area contributed by atoms with Crippen LogP contribution in [-0.2, 0) is 22.5 Å². The summed E-state index contributed by atoms with van der Waals surface area (Å²) < 4.78 is 12.3. The van der Waals surface area contributed by atoms with Crippen LogP contribution in [0.25, 0.3) is 0 Å². The van der Waals surface area contributed by atoms with Crippen molar-refractivity contribution in [3.8, 4) is 5.75 Å². The minimum atomic E-state index is -0.0771. The van der Waals surface area contributed by atoms with Crippen LogP contribution in [0.5, 0.6) is 5.75 Å². The summed E-state index contributed by atoms with van der Waals surface area (Å²) in [5, 5.41) is 0. The van der Waals surface area contributed by atoms with E-state index in [0.717, 1.165) is 55.4 Å². The summed E-state index contributed by atoms with van der Waals surface area (Å²) in [5.41, 5.74) is 2.71. The van der Waals surface area contributed by atoms with Crippen LogP contribution >= 0.6 is 0 Å². The molecule has 0 aliphatic heterocycles. The fourth-order valence-corrected chi connectivity index (χ4v) is 4.52. The number of unbranched alkanes of at least 4 members (excludes halogenated alkanes) is 7. The Hall–Kier alpha value is -2.33. The standard InChI is InChI=1S/C32H50NO3/c1-4-5-6-7-8-10-18-29-21-17-22-31(27-29)35-25-15-16-26-36-32(34)23-13-14-24-33(2,3)28-30-19-11-9-12-20-30/h9,11-12,17,19-22,27H,4-8,10,13-16,18,23-26,28H2,1-3H3/q+1. The van der Waals surface area contributed by atoms with Crippen molar-refractivity contribution in [2.24, 2.45) is 0 Å². The van der Waals surface area contributed by atoms with Gasteiger partial charge in [0, 0.05) is 12.0 Å². The van der Waals surface area contributed by atoms with Gasteiger partial charge in [-0.1, -0.05) is 81.5 Å². The first kappa shape index (κ1) is 29.9. The smallest absolute Gasteiger partial charge is 0.305 e. The zero-order valence-corrected chi connectivity index (χ0v) is 23.2. The first-order valence-electron chi connectivity index (χ1n) is 14.2. The van der Waals surface area contributed by atoms with Crippen molar-refractivity contribution < 1.29 is 18.8 Å². The van der Waals surface area contributed by atoms with Gasteiger partial charge in [0.15, 0.2) is 0 Å². The van der Waals surface area contributed by atoms with E-state index in [9.17, 15) is 4.79 Å². The Morgan fingerprint density at radius 1 is 0.750 bits per heavy atom. The second kappa shape index (κ2) is 18.0. The summed E-state index contributed by atoms with van der Waals surface area (Å²) in [7, 11) is 4.50. The predicted molar refractivity (Wildman–Crippen MR) is 150 cm³/mol. The fraction of sp³-hybridized carbons (Fsp3) is 0.594. The van der Waals surface area contributed by atoms with Crippen molar-refractivity contribution in [3.05, 3.63) is 65.7 Å². The van der Waals surface area contributed by atoms with E-state index in [1.54, 1.807) is 0 Å². The van der Waals surface area contributed by atoms with E-state index < -0.39 is 0 Å². The number of esters is 1. The van der Waals surface area contributed by atoms with Crippen molar-refractivity contribution in [1.82, 2.24) is 0 Å². The first-order valence-corrected chi connectivity index (χ1v) is 14.2. The largest absolute Gasteiger partial charge is 0.494 e. The third kappa shape index (κ3) is 14.3. The molecule has 0 aromatic heterocycles. The lowest BCUT2D eigenvalue weighted by Crippen LogP contribution is -2.39. The minimum absolute atomic E-state index is 0.0771. The molecule has 0 N–H and O–H groups in total. The molecule has 2 aromatic carbocycles. The number of aryl methyl sites for hydroxylation is 1. The molecule has 0 radical (unpaired) electrons. The Bertz CT molecular complexity index is 834. The summed E-state index contributed by atoms with van der Waals surface area (Å²) in [6.45, 7) is 5.47. The molecular weight excluding hydrogens is 446 g/mol. The summed E-state index contributed by atoms with van der Waals surface area (Å²) in [6, 6.07) is 19.1. The van der Waals surface area contributed by atoms with Gasteiger partial charge in [0.2, 0.25) is 0 Å². The van der Waals surface area contributed by atoms with Gasteiger partial charge in [-0.2, -0.15) is 0 Å². The average molecular weight is 497 g/mol. The highest BCUT2D eigenvalue weighted by Gasteiger charge is 2.15. The Morgan fingerprint density at radius 3 is 2.28 bits per heavy atom. The van der Waals surface area contributed by atoms with Crippen LogP contribution in [-0.4, -0.2) is 44.3 Å². The topological polar surface area (TPSA) is 35.5 Å². The summed E-state index contributed by atoms with van der Waals surface area (Å²) in [6.07, 6.45) is 13.2. The normalized spacial score (nSPS) is 11.4. The Balaban J connectivity index is 1.47. The van der Waals surface area contributed by atoms with Gasteiger partial charge in [-0.05, 0) is 56.2 Å². The molecule has 0 fully saturated rings. The van der Waals surface area contributed by atoms with Gasteiger partial charge >= 0.3 is 5.97 Å². The summed E-state index contributed by atoms with van der Waals surface area (Å²) >= 11 is 0. The van der Waals surface area contributed by atoms with E-state index in [1.807, 2.05) is 6.07 Å². The Morgan fingerprint density at radius 2 is 1.47 bits per heavy atom. The van der Waals surface area contributed by atoms with Crippen LogP contribution in [0.15, 0.2) is 54.6 Å². The highest BCUT2D eigenvalue weighted by Crippen LogP contribution is 2.17. The van der Waals surface area contributed by atoms with E-state index in [-0.39, 0.29) is 5.97 Å². The Labute approximate surface area is 220 Å². The second-order valence-electron chi connectivity index (χ2n) is 10.7. The van der Waals surface area contributed by atoms with Crippen molar-refractivity contribution in [2.75, 3.05) is 33.9 Å². The SMILES string of the molecule is CCCCCCCCc1cccc(OCCCCOC(=O)CCCC[N+](C)(C)Cc2ccccc2)c1. The highest BCUT2D eigenvalue weighted by atomic mass is 16.5. The van der Waals surface area contributed by atoms with Gasteiger partial charge < -0.3 is 14.0 Å². The molecule has 0 saturated carbocycles. The van der Waals surface area contributed by atoms with E-state index >= 15 is 0 Å². The molecule has 0 heterocycles. The number of rotatable bonds is 20. The molecule has 0 aliphatic rings. The molecule has 36 heavy (non-hydrogen) atoms. The van der Waals surface area contributed by atoms with Gasteiger partial charge in [-0.15, -0.1) is 0 Å². The van der Waals surface area contributed by atoms with E-state index in [1.165, 1.54) is 49.7 Å². The molecule has 0 spiro atoms. The molecule has 0 saturated heterocycles. The minimum Gasteiger partial charge on any atom is -0.494 e. The third-order valence-electron chi connectivity index (χ3n) is 6.64. The number of quaternary nitrogens is 1. The lowest BCUT2D eigenvalue weighted by molar-refractivity contribution is -0.903. The molecule has 0 aliphatic carbocycles. The van der Waals surface area contributed by atoms with Crippen molar-refractivity contribution in [3.63, 3.8) is 0 Å². The molecule has 2 rings (SSSR count). The van der Waals surface area contributed by atoms with Gasteiger partial charge in [0.25, 0.3) is 0 Å². The summed E-state index contributed by atoms with van der Waals surface area (Å²) in [5.74, 6) is 0.871. The molecule has 0 bridgehead atoms. The number of nitrogens with zero attached hydrogens (tertiary/aromatic N) is 1. The lowest BCUT2D eigenvalue weighted by atomic mass is 10.0. The molecule has 2 aromatic rings. The molecule has 4 heteroatoms. The summed E-state index contributed by atoms with van der Waals surface area (Å²) in [4.78, 5) is 12.1. The number of hydrogen-bond donors (Lipinski definition) is 0. The van der Waals surface area contributed by atoms with Gasteiger partial charge in [0.05, 0.1) is 33.9 Å².